The molecular weight excluding hydrogens is 446 g/mol. The Labute approximate surface area is 217 Å². The number of unbranched alkanes of at least 4 members (excludes halogenated alkanes) is 1. The predicted molar refractivity (Wildman–Crippen MR) is 149 cm³/mol. The Morgan fingerprint density at radius 2 is 1.69 bits per heavy atom. The van der Waals surface area contributed by atoms with Crippen molar-refractivity contribution in [1.82, 2.24) is 4.90 Å². The maximum atomic E-state index is 13.6. The highest BCUT2D eigenvalue weighted by molar-refractivity contribution is 6.02. The van der Waals surface area contributed by atoms with E-state index in [1.54, 1.807) is 0 Å². The zero-order chi connectivity index (χ0) is 25.3. The van der Waals surface area contributed by atoms with Crippen molar-refractivity contribution >= 4 is 23.2 Å². The topological polar surface area (TPSA) is 52.7 Å². The van der Waals surface area contributed by atoms with E-state index in [0.29, 0.717) is 5.92 Å². The second-order valence-corrected chi connectivity index (χ2v) is 10.6. The second-order valence-electron chi connectivity index (χ2n) is 10.6. The van der Waals surface area contributed by atoms with Crippen molar-refractivity contribution in [2.24, 2.45) is 11.8 Å². The number of rotatable bonds is 10. The minimum atomic E-state index is 0.0194. The standard InChI is InChI=1S/C31H43N3O2/c1-3-5-13-26(4-2)30(35)32-27-14-15-29(28(23-27)31(36)34-18-9-10-19-34)33-20-16-25(17-21-33)22-24-11-7-6-8-12-24/h6-8,11-12,14-15,23,25-26H,3-5,9-10,13,16-22H2,1-2H3,(H,32,35). The summed E-state index contributed by atoms with van der Waals surface area (Å²) in [6.45, 7) is 7.79. The lowest BCUT2D eigenvalue weighted by Crippen LogP contribution is -2.37. The van der Waals surface area contributed by atoms with Crippen LogP contribution in [0.2, 0.25) is 0 Å². The van der Waals surface area contributed by atoms with E-state index in [0.717, 1.165) is 101 Å². The number of nitrogens with zero attached hydrogens (tertiary/aromatic N) is 2. The summed E-state index contributed by atoms with van der Waals surface area (Å²) in [6.07, 6.45) is 9.40. The Morgan fingerprint density at radius 3 is 2.36 bits per heavy atom. The van der Waals surface area contributed by atoms with Gasteiger partial charge in [0.1, 0.15) is 0 Å². The molecular formula is C31H43N3O2. The van der Waals surface area contributed by atoms with E-state index in [-0.39, 0.29) is 17.7 Å². The molecule has 0 radical (unpaired) electrons. The van der Waals surface area contributed by atoms with Crippen molar-refractivity contribution in [1.29, 1.82) is 0 Å². The van der Waals surface area contributed by atoms with Crippen LogP contribution in [0.5, 0.6) is 0 Å². The Bertz CT molecular complexity index is 992. The van der Waals surface area contributed by atoms with Crippen LogP contribution in [0.4, 0.5) is 11.4 Å². The molecule has 1 N–H and O–H groups in total. The van der Waals surface area contributed by atoms with Gasteiger partial charge in [-0.3, -0.25) is 9.59 Å². The van der Waals surface area contributed by atoms with E-state index < -0.39 is 0 Å². The van der Waals surface area contributed by atoms with E-state index in [2.05, 4.69) is 60.5 Å². The van der Waals surface area contributed by atoms with Crippen molar-refractivity contribution < 1.29 is 9.59 Å². The van der Waals surface area contributed by atoms with E-state index in [1.165, 1.54) is 5.56 Å². The molecule has 5 heteroatoms. The molecule has 0 bridgehead atoms. The molecule has 2 aromatic rings. The maximum Gasteiger partial charge on any atom is 0.256 e. The number of hydrogen-bond donors (Lipinski definition) is 1. The van der Waals surface area contributed by atoms with Crippen LogP contribution in [0.1, 0.15) is 81.1 Å². The highest BCUT2D eigenvalue weighted by Crippen LogP contribution is 2.32. The number of nitrogens with one attached hydrogen (secondary N) is 1. The van der Waals surface area contributed by atoms with Gasteiger partial charge >= 0.3 is 0 Å². The molecule has 0 aliphatic carbocycles. The fourth-order valence-electron chi connectivity index (χ4n) is 5.69. The quantitative estimate of drug-likeness (QED) is 0.412. The van der Waals surface area contributed by atoms with Crippen molar-refractivity contribution in [2.75, 3.05) is 36.4 Å². The summed E-state index contributed by atoms with van der Waals surface area (Å²) in [4.78, 5) is 30.9. The number of anilines is 2. The molecule has 2 fully saturated rings. The van der Waals surface area contributed by atoms with Crippen LogP contribution in [0.3, 0.4) is 0 Å². The summed E-state index contributed by atoms with van der Waals surface area (Å²) >= 11 is 0. The van der Waals surface area contributed by atoms with Crippen LogP contribution in [0.25, 0.3) is 0 Å². The van der Waals surface area contributed by atoms with Crippen molar-refractivity contribution in [3.05, 3.63) is 59.7 Å². The molecule has 36 heavy (non-hydrogen) atoms. The average Bonchev–Trinajstić information content (AvgIpc) is 3.45. The van der Waals surface area contributed by atoms with Crippen molar-refractivity contribution in [3.8, 4) is 0 Å². The number of hydrogen-bond acceptors (Lipinski definition) is 3. The Morgan fingerprint density at radius 1 is 0.972 bits per heavy atom. The molecule has 5 nitrogen and oxygen atoms in total. The fourth-order valence-corrected chi connectivity index (χ4v) is 5.69. The molecule has 1 unspecified atom stereocenters. The van der Waals surface area contributed by atoms with Crippen LogP contribution in [-0.2, 0) is 11.2 Å². The lowest BCUT2D eigenvalue weighted by molar-refractivity contribution is -0.120. The normalized spacial score (nSPS) is 17.3. The first kappa shape index (κ1) is 26.2. The third kappa shape index (κ3) is 6.68. The van der Waals surface area contributed by atoms with E-state index in [1.807, 2.05) is 17.0 Å². The molecule has 2 heterocycles. The predicted octanol–water partition coefficient (Wildman–Crippen LogP) is 6.54. The van der Waals surface area contributed by atoms with Crippen LogP contribution in [0.15, 0.2) is 48.5 Å². The van der Waals surface area contributed by atoms with E-state index in [9.17, 15) is 9.59 Å². The van der Waals surface area contributed by atoms with Gasteiger partial charge in [0.25, 0.3) is 5.91 Å². The zero-order valence-electron chi connectivity index (χ0n) is 22.2. The molecule has 0 spiro atoms. The Hall–Kier alpha value is -2.82. The number of carbonyl (C=O) groups excluding carboxylic acids is 2. The van der Waals surface area contributed by atoms with Gasteiger partial charge in [-0.15, -0.1) is 0 Å². The molecule has 194 valence electrons. The molecule has 0 aromatic heterocycles. The summed E-state index contributed by atoms with van der Waals surface area (Å²) in [5, 5.41) is 3.12. The zero-order valence-corrected chi connectivity index (χ0v) is 22.2. The third-order valence-corrected chi connectivity index (χ3v) is 7.98. The number of likely N-dealkylation sites (tertiary alicyclic amines) is 1. The molecule has 2 saturated heterocycles. The van der Waals surface area contributed by atoms with Gasteiger partial charge < -0.3 is 15.1 Å². The lowest BCUT2D eigenvalue weighted by Gasteiger charge is -2.35. The van der Waals surface area contributed by atoms with Gasteiger partial charge in [-0.2, -0.15) is 0 Å². The van der Waals surface area contributed by atoms with E-state index >= 15 is 0 Å². The monoisotopic (exact) mass is 489 g/mol. The minimum absolute atomic E-state index is 0.0194. The molecule has 2 aromatic carbocycles. The Balaban J connectivity index is 1.48. The highest BCUT2D eigenvalue weighted by Gasteiger charge is 2.27. The molecule has 2 aliphatic rings. The van der Waals surface area contributed by atoms with Gasteiger partial charge in [0, 0.05) is 43.5 Å². The van der Waals surface area contributed by atoms with Gasteiger partial charge in [0.05, 0.1) is 5.56 Å². The first-order chi connectivity index (χ1) is 17.6. The van der Waals surface area contributed by atoms with Gasteiger partial charge in [0.15, 0.2) is 0 Å². The minimum Gasteiger partial charge on any atom is -0.371 e. The van der Waals surface area contributed by atoms with Crippen LogP contribution in [-0.4, -0.2) is 42.9 Å². The van der Waals surface area contributed by atoms with Crippen molar-refractivity contribution in [2.45, 2.75) is 71.6 Å². The summed E-state index contributed by atoms with van der Waals surface area (Å²) in [7, 11) is 0. The number of benzene rings is 2. The van der Waals surface area contributed by atoms with Gasteiger partial charge in [-0.05, 0) is 74.6 Å². The van der Waals surface area contributed by atoms with Gasteiger partial charge in [-0.1, -0.05) is 57.0 Å². The largest absolute Gasteiger partial charge is 0.371 e. The summed E-state index contributed by atoms with van der Waals surface area (Å²) in [5.41, 5.74) is 3.89. The molecule has 2 amide bonds. The summed E-state index contributed by atoms with van der Waals surface area (Å²) in [6, 6.07) is 16.7. The van der Waals surface area contributed by atoms with Gasteiger partial charge in [-0.25, -0.2) is 0 Å². The number of piperidine rings is 1. The first-order valence-electron chi connectivity index (χ1n) is 14.1. The summed E-state index contributed by atoms with van der Waals surface area (Å²) < 4.78 is 0. The lowest BCUT2D eigenvalue weighted by atomic mass is 9.89. The Kier molecular flexibility index (Phi) is 9.43. The fraction of sp³-hybridized carbons (Fsp3) is 0.548. The average molecular weight is 490 g/mol. The number of carbonyl (C=O) groups is 2. The molecule has 1 atom stereocenters. The molecule has 0 saturated carbocycles. The smallest absolute Gasteiger partial charge is 0.256 e. The van der Waals surface area contributed by atoms with Gasteiger partial charge in [0.2, 0.25) is 5.91 Å². The van der Waals surface area contributed by atoms with Crippen LogP contribution < -0.4 is 10.2 Å². The SMILES string of the molecule is CCCCC(CC)C(=O)Nc1ccc(N2CCC(Cc3ccccc3)CC2)c(C(=O)N2CCCC2)c1. The van der Waals surface area contributed by atoms with Crippen molar-refractivity contribution in [3.63, 3.8) is 0 Å². The third-order valence-electron chi connectivity index (χ3n) is 7.98. The second kappa shape index (κ2) is 12.9. The highest BCUT2D eigenvalue weighted by atomic mass is 16.2. The van der Waals surface area contributed by atoms with Crippen LogP contribution in [0, 0.1) is 11.8 Å². The number of amides is 2. The molecule has 2 aliphatic heterocycles. The molecule has 4 rings (SSSR count). The summed E-state index contributed by atoms with van der Waals surface area (Å²) in [5.74, 6) is 0.864. The van der Waals surface area contributed by atoms with E-state index in [4.69, 9.17) is 0 Å². The first-order valence-corrected chi connectivity index (χ1v) is 14.1. The maximum absolute atomic E-state index is 13.6. The van der Waals surface area contributed by atoms with Crippen LogP contribution >= 0.6 is 0 Å².